The largest absolute Gasteiger partial charge is 0.361 e. The van der Waals surface area contributed by atoms with Gasteiger partial charge < -0.3 is 19.3 Å². The molecule has 0 aromatic heterocycles. The van der Waals surface area contributed by atoms with Crippen molar-refractivity contribution in [2.75, 3.05) is 24.7 Å². The van der Waals surface area contributed by atoms with Crippen molar-refractivity contribution in [3.05, 3.63) is 139 Å². The van der Waals surface area contributed by atoms with Gasteiger partial charge in [-0.15, -0.1) is 0 Å². The van der Waals surface area contributed by atoms with E-state index in [1.54, 1.807) is 87.7 Å². The predicted octanol–water partition coefficient (Wildman–Crippen LogP) is 13.2. The van der Waals surface area contributed by atoms with Crippen molar-refractivity contribution in [2.45, 2.75) is 136 Å². The van der Waals surface area contributed by atoms with Crippen molar-refractivity contribution in [1.29, 1.82) is 0 Å². The van der Waals surface area contributed by atoms with Crippen LogP contribution in [-0.4, -0.2) is 84.7 Å². The zero-order valence-corrected chi connectivity index (χ0v) is 45.7. The predicted molar refractivity (Wildman–Crippen MR) is 283 cm³/mol. The highest BCUT2D eigenvalue weighted by molar-refractivity contribution is 7.93. The third-order valence-corrected chi connectivity index (χ3v) is 18.8. The minimum atomic E-state index is -3.53. The Morgan fingerprint density at radius 3 is 1.06 bits per heavy atom. The van der Waals surface area contributed by atoms with E-state index in [0.29, 0.717) is 20.1 Å². The molecule has 2 aliphatic heterocycles. The highest BCUT2D eigenvalue weighted by Gasteiger charge is 2.50. The van der Waals surface area contributed by atoms with Gasteiger partial charge in [0.25, 0.3) is 0 Å². The number of carbonyl (C=O) groups excluding carboxylic acids is 2. The first-order valence-corrected chi connectivity index (χ1v) is 27.4. The van der Waals surface area contributed by atoms with E-state index >= 15 is 0 Å². The number of benzene rings is 4. The Hall–Kier alpha value is -3.20. The fourth-order valence-corrected chi connectivity index (χ4v) is 12.1. The summed E-state index contributed by atoms with van der Waals surface area (Å²) in [5, 5.41) is 2.25. The van der Waals surface area contributed by atoms with Crippen LogP contribution in [0.1, 0.15) is 137 Å². The quantitative estimate of drug-likeness (QED) is 0.154. The first-order chi connectivity index (χ1) is 31.2. The summed E-state index contributed by atoms with van der Waals surface area (Å²) < 4.78 is 63.6. The minimum Gasteiger partial charge on any atom is -0.361 e. The van der Waals surface area contributed by atoms with Crippen molar-refractivity contribution < 1.29 is 35.9 Å². The second-order valence-corrected chi connectivity index (χ2v) is 29.0. The average Bonchev–Trinajstić information content (AvgIpc) is 3.21. The fourth-order valence-electron chi connectivity index (χ4n) is 8.32. The summed E-state index contributed by atoms with van der Waals surface area (Å²) in [6, 6.07) is 26.9. The van der Waals surface area contributed by atoms with E-state index in [0.717, 1.165) is 22.3 Å². The molecule has 2 fully saturated rings. The molecule has 2 amide bonds. The van der Waals surface area contributed by atoms with Crippen molar-refractivity contribution in [3.63, 3.8) is 0 Å². The van der Waals surface area contributed by atoms with Crippen molar-refractivity contribution in [1.82, 2.24) is 9.80 Å². The first-order valence-electron chi connectivity index (χ1n) is 22.6. The molecule has 6 rings (SSSR count). The van der Waals surface area contributed by atoms with Crippen molar-refractivity contribution >= 4 is 77.9 Å². The van der Waals surface area contributed by atoms with Crippen LogP contribution in [0.25, 0.3) is 0 Å². The van der Waals surface area contributed by atoms with E-state index in [4.69, 9.17) is 55.9 Å². The molecule has 4 aromatic rings. The number of rotatable bonds is 10. The second-order valence-electron chi connectivity index (χ2n) is 21.7. The number of nitrogens with zero attached hydrogens (tertiary/aromatic N) is 2. The van der Waals surface area contributed by atoms with Gasteiger partial charge in [0.05, 0.1) is 45.2 Å². The molecule has 4 aromatic carbocycles. The molecule has 16 heteroatoms. The summed E-state index contributed by atoms with van der Waals surface area (Å²) in [5.74, 6) is -0.805. The van der Waals surface area contributed by atoms with Crippen LogP contribution in [0.3, 0.4) is 0 Å². The maximum Gasteiger partial charge on any atom is 0.249 e. The highest BCUT2D eigenvalue weighted by atomic mass is 35.5. The number of hydrogen-bond donors (Lipinski definition) is 0. The lowest BCUT2D eigenvalue weighted by atomic mass is 9.83. The normalized spacial score (nSPS) is 20.6. The Bertz CT molecular complexity index is 2450. The van der Waals surface area contributed by atoms with Gasteiger partial charge in [0.1, 0.15) is 25.4 Å². The lowest BCUT2D eigenvalue weighted by molar-refractivity contribution is -0.166. The van der Waals surface area contributed by atoms with Gasteiger partial charge in [0, 0.05) is 20.1 Å². The molecule has 10 nitrogen and oxygen atoms in total. The van der Waals surface area contributed by atoms with E-state index in [1.165, 1.54) is 0 Å². The lowest BCUT2D eigenvalue weighted by Crippen LogP contribution is -2.58. The van der Waals surface area contributed by atoms with E-state index in [1.807, 2.05) is 102 Å². The molecule has 0 N–H and O–H groups in total. The number of amides is 2. The van der Waals surface area contributed by atoms with Crippen LogP contribution in [0.4, 0.5) is 0 Å². The van der Waals surface area contributed by atoms with Crippen molar-refractivity contribution in [3.8, 4) is 0 Å². The Labute approximate surface area is 432 Å². The van der Waals surface area contributed by atoms with E-state index in [2.05, 4.69) is 0 Å². The van der Waals surface area contributed by atoms with Gasteiger partial charge in [0.15, 0.2) is 19.7 Å². The topological polar surface area (TPSA) is 127 Å². The third kappa shape index (κ3) is 14.1. The maximum absolute atomic E-state index is 13.5. The molecule has 0 radical (unpaired) electrons. The molecule has 0 saturated carbocycles. The summed E-state index contributed by atoms with van der Waals surface area (Å²) in [6.07, 6.45) is -1.06. The zero-order valence-electron chi connectivity index (χ0n) is 41.0. The third-order valence-electron chi connectivity index (χ3n) is 12.6. The molecule has 380 valence electrons. The number of ether oxygens (including phenoxy) is 2. The SMILES string of the molecule is C.CC(C)(C)C(CS(=O)(=O)C(C)(C)C)N1C(=O)COC(c2cccc(Cl)c2)[C@H]1c1ccc(Cl)cc1.CC(C)(C)[C@H](CS(=O)(=O)C(C)(C)C)N1C(=O)COC(c2cccc(Cl)c2)[C@H]1c1ccc(Cl)cc1. The monoisotopic (exact) mass is 1070 g/mol. The van der Waals surface area contributed by atoms with Gasteiger partial charge in [-0.2, -0.15) is 0 Å². The Morgan fingerprint density at radius 2 is 0.797 bits per heavy atom. The fraction of sp³-hybridized carbons (Fsp3) is 0.509. The molecule has 2 saturated heterocycles. The molecule has 0 bridgehead atoms. The van der Waals surface area contributed by atoms with Gasteiger partial charge in [-0.3, -0.25) is 9.59 Å². The summed E-state index contributed by atoms with van der Waals surface area (Å²) in [7, 11) is -7.06. The van der Waals surface area contributed by atoms with Gasteiger partial charge in [-0.25, -0.2) is 16.8 Å². The van der Waals surface area contributed by atoms with Crippen molar-refractivity contribution in [2.24, 2.45) is 10.8 Å². The van der Waals surface area contributed by atoms with E-state index in [-0.39, 0.29) is 44.0 Å². The Kier molecular flexibility index (Phi) is 18.8. The zero-order chi connectivity index (χ0) is 50.9. The molecule has 2 heterocycles. The van der Waals surface area contributed by atoms with Gasteiger partial charge in [-0.1, -0.05) is 144 Å². The standard InChI is InChI=1S/2C26H33Cl2NO4S.CH4/c2*1-25(2,3)21(16-34(31,32)26(4,5)6)29-22(30)15-33-24(18-8-7-9-20(28)14-18)23(29)17-10-12-19(27)13-11-17;/h2*7-14,21,23-24H,15-16H2,1-6H3;1H4/t21?,23-,24?;21-,23+,24?;/m10./s1. The van der Waals surface area contributed by atoms with Crippen LogP contribution in [-0.2, 0) is 38.7 Å². The molecule has 2 aliphatic rings. The van der Waals surface area contributed by atoms with Crippen LogP contribution >= 0.6 is 46.4 Å². The number of carbonyl (C=O) groups is 2. The van der Waals surface area contributed by atoms with Gasteiger partial charge >= 0.3 is 0 Å². The molecule has 3 unspecified atom stereocenters. The van der Waals surface area contributed by atoms with E-state index < -0.39 is 76.4 Å². The number of sulfone groups is 2. The maximum atomic E-state index is 13.5. The van der Waals surface area contributed by atoms with Crippen LogP contribution in [0.5, 0.6) is 0 Å². The van der Waals surface area contributed by atoms with Gasteiger partial charge in [0.2, 0.25) is 11.8 Å². The lowest BCUT2D eigenvalue weighted by Gasteiger charge is -2.49. The van der Waals surface area contributed by atoms with Crippen LogP contribution in [0.2, 0.25) is 20.1 Å². The highest BCUT2D eigenvalue weighted by Crippen LogP contribution is 2.47. The smallest absolute Gasteiger partial charge is 0.249 e. The average molecular weight is 1070 g/mol. The van der Waals surface area contributed by atoms with E-state index in [9.17, 15) is 26.4 Å². The first kappa shape index (κ1) is 58.4. The summed E-state index contributed by atoms with van der Waals surface area (Å²) >= 11 is 24.9. The number of halogens is 4. The number of hydrogen-bond acceptors (Lipinski definition) is 8. The molecule has 0 spiro atoms. The molecule has 6 atom stereocenters. The second kappa shape index (κ2) is 22.3. The van der Waals surface area contributed by atoms with Crippen LogP contribution < -0.4 is 0 Å². The molecular formula is C53H70Cl4N2O8S2. The molecular weight excluding hydrogens is 999 g/mol. The Balaban J connectivity index is 0.000000296. The Morgan fingerprint density at radius 1 is 0.493 bits per heavy atom. The minimum absolute atomic E-state index is 0. The summed E-state index contributed by atoms with van der Waals surface area (Å²) in [4.78, 5) is 30.4. The van der Waals surface area contributed by atoms with Crippen LogP contribution in [0, 0.1) is 10.8 Å². The van der Waals surface area contributed by atoms with Gasteiger partial charge in [-0.05, 0) is 123 Å². The summed E-state index contributed by atoms with van der Waals surface area (Å²) in [6.45, 7) is 21.6. The molecule has 0 aliphatic carbocycles. The number of morpholine rings is 2. The van der Waals surface area contributed by atoms with Crippen LogP contribution in [0.15, 0.2) is 97.1 Å². The molecule has 69 heavy (non-hydrogen) atoms. The summed E-state index contributed by atoms with van der Waals surface area (Å²) in [5.41, 5.74) is 2.21.